The van der Waals surface area contributed by atoms with Gasteiger partial charge >= 0.3 is 6.03 Å². The molecule has 0 bridgehead atoms. The molecule has 2 saturated heterocycles. The summed E-state index contributed by atoms with van der Waals surface area (Å²) in [6, 6.07) is 7.84. The maximum Gasteiger partial charge on any atom is 0.312 e. The number of primary amides is 1. The van der Waals surface area contributed by atoms with E-state index in [1.807, 2.05) is 97.8 Å². The molecule has 1 aliphatic carbocycles. The number of sulfonamides is 1. The van der Waals surface area contributed by atoms with Crippen molar-refractivity contribution in [1.29, 1.82) is 0 Å². The van der Waals surface area contributed by atoms with Gasteiger partial charge in [-0.1, -0.05) is 131 Å². The molecule has 30 nitrogen and oxygen atoms in total. The maximum absolute atomic E-state index is 14.7. The number of unbranched alkanes of at least 4 members (excludes halogenated alkanes) is 1. The summed E-state index contributed by atoms with van der Waals surface area (Å²) < 4.78 is 59.1. The molecule has 3 fully saturated rings. The number of amides is 12. The van der Waals surface area contributed by atoms with Gasteiger partial charge in [0.05, 0.1) is 105 Å². The average Bonchev–Trinajstić information content (AvgIpc) is 1.60. The lowest BCUT2D eigenvalue weighted by Crippen LogP contribution is -2.59. The Labute approximate surface area is 669 Å². The number of likely N-dealkylation sites (N-methyl/N-ethyl adjacent to an activating group) is 2. The number of carbonyl (C=O) groups is 11. The van der Waals surface area contributed by atoms with E-state index in [-0.39, 0.29) is 150 Å². The van der Waals surface area contributed by atoms with Gasteiger partial charge in [-0.2, -0.15) is 12.6 Å². The molecule has 1 saturated carbocycles. The Morgan fingerprint density at radius 1 is 0.714 bits per heavy atom. The molecule has 0 aromatic heterocycles. The molecule has 3 unspecified atom stereocenters. The maximum atomic E-state index is 14.7. The molecule has 2 aliphatic heterocycles. The number of ether oxygens (including phenoxy) is 5. The normalized spacial score (nSPS) is 18.8. The fraction of sp³-hybridized carbons (Fsp3) is 0.713. The van der Waals surface area contributed by atoms with Gasteiger partial charge in [-0.25, -0.2) is 17.9 Å². The third-order valence-electron chi connectivity index (χ3n) is 21.8. The van der Waals surface area contributed by atoms with E-state index in [0.29, 0.717) is 44.2 Å². The highest BCUT2D eigenvalue weighted by Crippen LogP contribution is 2.46. The van der Waals surface area contributed by atoms with Gasteiger partial charge in [-0.3, -0.25) is 57.7 Å². The SMILES string of the molecule is CCCCC(C)(S)C1CC(=O)N(CCOCCOCCOCCC(=O)N[C@H](C(=O)NC(CCCNC(N)=O)C(=O)NC2(c3ccc(S(=O)(=O)NC(=O)[C@H](CCc4ccccc4)NC(=O)[C@H](C)[C@@H](OC)[C@@H]4CCCN4C(=O)C[C@@H](OC)[C@H]([C@@H](C)CC)N(C)C(=O)[C@@H](NC(=O)[C@H](C(C)C)N(C)C)C(C)C)cc3)CC2)C(C)C)C1=O. The summed E-state index contributed by atoms with van der Waals surface area (Å²) in [7, 11) is 3.64. The Bertz CT molecular complexity index is 3520. The number of benzene rings is 2. The second-order valence-electron chi connectivity index (χ2n) is 31.6. The first-order chi connectivity index (χ1) is 52.9. The van der Waals surface area contributed by atoms with Gasteiger partial charge in [-0.05, 0) is 126 Å². The largest absolute Gasteiger partial charge is 0.379 e. The number of hydrogen-bond acceptors (Lipinski definition) is 20. The lowest BCUT2D eigenvalue weighted by molar-refractivity contribution is -0.148. The van der Waals surface area contributed by atoms with E-state index >= 15 is 0 Å². The molecule has 2 aromatic rings. The van der Waals surface area contributed by atoms with Crippen LogP contribution in [0.1, 0.15) is 177 Å². The standard InChI is InChI=1S/C80H130N12O18S2/c1-17-19-36-79(11,111)58-48-64(94)92(76(58)101)41-43-109-45-47-110-46-44-108-42-35-63(93)85-66(50(3)4)74(99)84-59(27-23-39-82-78(81)103)72(97)87-80(37-38-80)56-30-32-57(33-31-56)112(104,105)88-73(98)60(34-29-55-25-21-20-22-26-55)83-71(96)54(10)70(107-16)61-28-24-40-91(61)65(95)49-62(106-15)69(53(9)18-2)90(14)77(102)67(51(5)6)86-75(100)68(52(7)8)89(12)13/h20-22,25-26,30-33,50-54,58-62,66-70,111H,17-19,23-24,27-29,34-49H2,1-16H3,(H,83,96)(H,84,99)(H,85,93)(H,86,100)(H,87,97)(H,88,98)(H3,81,82,103)/t53-,54+,58?,59?,60-,61-,62+,66-,67-,68-,69-,70+,79?/m0/s1. The van der Waals surface area contributed by atoms with Crippen LogP contribution in [0.5, 0.6) is 0 Å². The molecule has 3 aliphatic rings. The first kappa shape index (κ1) is 95.3. The number of thiol groups is 1. The van der Waals surface area contributed by atoms with Crippen LogP contribution in [0, 0.1) is 35.5 Å². The number of nitrogens with one attached hydrogen (secondary N) is 7. The molecule has 112 heavy (non-hydrogen) atoms. The van der Waals surface area contributed by atoms with E-state index < -0.39 is 128 Å². The minimum Gasteiger partial charge on any atom is -0.379 e. The zero-order chi connectivity index (χ0) is 83.4. The Morgan fingerprint density at radius 3 is 1.88 bits per heavy atom. The van der Waals surface area contributed by atoms with Crippen molar-refractivity contribution >= 4 is 87.8 Å². The Balaban J connectivity index is 1.19. The number of nitrogens with zero attached hydrogens (tertiary/aromatic N) is 4. The smallest absolute Gasteiger partial charge is 0.312 e. The monoisotopic (exact) mass is 1610 g/mol. The van der Waals surface area contributed by atoms with E-state index in [2.05, 4.69) is 43.5 Å². The quantitative estimate of drug-likeness (QED) is 0.0235. The highest BCUT2D eigenvalue weighted by atomic mass is 32.2. The first-order valence-electron chi connectivity index (χ1n) is 39.8. The second-order valence-corrected chi connectivity index (χ2v) is 34.3. The van der Waals surface area contributed by atoms with Crippen LogP contribution in [0.3, 0.4) is 0 Å². The highest BCUT2D eigenvalue weighted by Gasteiger charge is 2.49. The molecular formula is C80H130N12O18S2. The number of rotatable bonds is 51. The summed E-state index contributed by atoms with van der Waals surface area (Å²) in [5.41, 5.74) is 5.68. The molecule has 9 N–H and O–H groups in total. The van der Waals surface area contributed by atoms with Crippen LogP contribution < -0.4 is 42.4 Å². The minimum atomic E-state index is -4.62. The number of carbonyl (C=O) groups excluding carboxylic acids is 11. The Morgan fingerprint density at radius 2 is 1.32 bits per heavy atom. The molecule has 0 radical (unpaired) electrons. The van der Waals surface area contributed by atoms with Gasteiger partial charge < -0.3 is 71.1 Å². The van der Waals surface area contributed by atoms with Crippen LogP contribution in [-0.2, 0) is 93.6 Å². The number of aryl methyl sites for hydroxylation is 1. The van der Waals surface area contributed by atoms with Crippen molar-refractivity contribution in [2.45, 2.75) is 242 Å². The van der Waals surface area contributed by atoms with Gasteiger partial charge in [0.1, 0.15) is 24.2 Å². The number of methoxy groups -OCH3 is 2. The molecule has 0 spiro atoms. The number of nitrogens with two attached hydrogens (primary N) is 1. The van der Waals surface area contributed by atoms with Crippen LogP contribution in [0.15, 0.2) is 59.5 Å². The summed E-state index contributed by atoms with van der Waals surface area (Å²) in [6.07, 6.45) is 3.97. The summed E-state index contributed by atoms with van der Waals surface area (Å²) >= 11 is 4.73. The molecule has 13 atom stereocenters. The summed E-state index contributed by atoms with van der Waals surface area (Å²) in [5, 5.41) is 16.9. The van der Waals surface area contributed by atoms with Crippen molar-refractivity contribution in [3.8, 4) is 0 Å². The third-order valence-corrected chi connectivity index (χ3v) is 23.7. The average molecular weight is 1610 g/mol. The van der Waals surface area contributed by atoms with Crippen LogP contribution >= 0.6 is 12.6 Å². The van der Waals surface area contributed by atoms with E-state index in [1.165, 1.54) is 43.4 Å². The van der Waals surface area contributed by atoms with Crippen LogP contribution in [-0.4, -0.2) is 247 Å². The van der Waals surface area contributed by atoms with Crippen LogP contribution in [0.4, 0.5) is 4.79 Å². The topological polar surface area (TPSA) is 391 Å². The molecule has 630 valence electrons. The first-order valence-corrected chi connectivity index (χ1v) is 41.7. The summed E-state index contributed by atoms with van der Waals surface area (Å²) in [6.45, 7) is 22.2. The fourth-order valence-electron chi connectivity index (χ4n) is 14.9. The lowest BCUT2D eigenvalue weighted by Gasteiger charge is -2.41. The van der Waals surface area contributed by atoms with E-state index in [4.69, 9.17) is 42.0 Å². The molecule has 12 amide bonds. The number of hydrogen-bond donors (Lipinski definition) is 9. The lowest BCUT2D eigenvalue weighted by atomic mass is 9.87. The van der Waals surface area contributed by atoms with Gasteiger partial charge in [0.2, 0.25) is 53.2 Å². The zero-order valence-corrected chi connectivity index (χ0v) is 70.6. The molecular weight excluding hydrogens is 1480 g/mol. The van der Waals surface area contributed by atoms with Gasteiger partial charge in [0, 0.05) is 51.9 Å². The number of urea groups is 1. The van der Waals surface area contributed by atoms with Crippen molar-refractivity contribution in [2.24, 2.45) is 41.2 Å². The fourth-order valence-corrected chi connectivity index (χ4v) is 16.3. The third kappa shape index (κ3) is 28.0. The minimum absolute atomic E-state index is 0.00879. The predicted octanol–water partition coefficient (Wildman–Crippen LogP) is 5.13. The van der Waals surface area contributed by atoms with E-state index in [1.54, 1.807) is 37.6 Å². The van der Waals surface area contributed by atoms with Crippen molar-refractivity contribution in [2.75, 3.05) is 94.6 Å². The van der Waals surface area contributed by atoms with E-state index in [0.717, 1.165) is 24.8 Å². The van der Waals surface area contributed by atoms with Gasteiger partial charge in [-0.15, -0.1) is 0 Å². The van der Waals surface area contributed by atoms with Crippen LogP contribution in [0.25, 0.3) is 0 Å². The van der Waals surface area contributed by atoms with Crippen molar-refractivity contribution in [1.82, 2.24) is 56.2 Å². The summed E-state index contributed by atoms with van der Waals surface area (Å²) in [5.74, 6) is -6.99. The molecule has 5 rings (SSSR count). The van der Waals surface area contributed by atoms with Gasteiger partial charge in [0.25, 0.3) is 15.9 Å². The predicted molar refractivity (Wildman–Crippen MR) is 427 cm³/mol. The van der Waals surface area contributed by atoms with Crippen LogP contribution in [0.2, 0.25) is 0 Å². The van der Waals surface area contributed by atoms with Crippen molar-refractivity contribution in [3.05, 3.63) is 65.7 Å². The van der Waals surface area contributed by atoms with Crippen molar-refractivity contribution in [3.63, 3.8) is 0 Å². The summed E-state index contributed by atoms with van der Waals surface area (Å²) in [4.78, 5) is 157. The number of likely N-dealkylation sites (tertiary alicyclic amines) is 2. The molecule has 2 aromatic carbocycles. The zero-order valence-electron chi connectivity index (χ0n) is 68.9. The van der Waals surface area contributed by atoms with E-state index in [9.17, 15) is 61.2 Å². The van der Waals surface area contributed by atoms with Gasteiger partial charge in [0.15, 0.2) is 0 Å². The van der Waals surface area contributed by atoms with Crippen molar-refractivity contribution < 1.29 is 84.8 Å². The highest BCUT2D eigenvalue weighted by molar-refractivity contribution is 7.90. The Kier molecular flexibility index (Phi) is 38.9. The number of imide groups is 1. The second kappa shape index (κ2) is 45.7. The Hall–Kier alpha value is -7.33. The molecule has 32 heteroatoms. The molecule has 2 heterocycles.